The highest BCUT2D eigenvalue weighted by molar-refractivity contribution is 5.92. The minimum absolute atomic E-state index is 0.160. The Kier molecular flexibility index (Phi) is 5.22. The van der Waals surface area contributed by atoms with Crippen molar-refractivity contribution < 1.29 is 13.6 Å². The number of aryl methyl sites for hydroxylation is 1. The van der Waals surface area contributed by atoms with Crippen molar-refractivity contribution in [2.45, 2.75) is 13.5 Å². The molecule has 0 spiro atoms. The second-order valence-corrected chi connectivity index (χ2v) is 5.33. The Bertz CT molecular complexity index is 656. The Morgan fingerprint density at radius 1 is 1.09 bits per heavy atom. The topological polar surface area (TPSA) is 32.3 Å². The Labute approximate surface area is 128 Å². The molecule has 3 nitrogen and oxygen atoms in total. The van der Waals surface area contributed by atoms with E-state index in [0.29, 0.717) is 6.54 Å². The first-order chi connectivity index (χ1) is 10.4. The number of benzene rings is 2. The third kappa shape index (κ3) is 4.63. The van der Waals surface area contributed by atoms with Crippen molar-refractivity contribution >= 4 is 11.6 Å². The average molecular weight is 304 g/mol. The lowest BCUT2D eigenvalue weighted by Gasteiger charge is -2.16. The quantitative estimate of drug-likeness (QED) is 0.919. The number of halogens is 2. The number of nitrogens with one attached hydrogen (secondary N) is 1. The molecule has 116 valence electrons. The fourth-order valence-corrected chi connectivity index (χ4v) is 2.08. The van der Waals surface area contributed by atoms with E-state index >= 15 is 0 Å². The van der Waals surface area contributed by atoms with E-state index in [4.69, 9.17) is 0 Å². The summed E-state index contributed by atoms with van der Waals surface area (Å²) in [5.74, 6) is -2.19. The molecule has 1 amide bonds. The van der Waals surface area contributed by atoms with Gasteiger partial charge < -0.3 is 5.32 Å². The normalized spacial score (nSPS) is 10.8. The molecule has 0 saturated carbocycles. The molecule has 0 unspecified atom stereocenters. The van der Waals surface area contributed by atoms with Crippen molar-refractivity contribution in [1.29, 1.82) is 0 Å². The van der Waals surface area contributed by atoms with E-state index in [1.807, 2.05) is 43.1 Å². The van der Waals surface area contributed by atoms with E-state index in [9.17, 15) is 13.6 Å². The molecule has 5 heteroatoms. The molecular weight excluding hydrogens is 286 g/mol. The summed E-state index contributed by atoms with van der Waals surface area (Å²) in [4.78, 5) is 13.7. The Morgan fingerprint density at radius 2 is 1.77 bits per heavy atom. The zero-order chi connectivity index (χ0) is 16.1. The SMILES string of the molecule is Cc1ccc(CN(C)CC(=O)Nc2ccc(F)c(F)c2)cc1. The van der Waals surface area contributed by atoms with Crippen LogP contribution in [0.5, 0.6) is 0 Å². The summed E-state index contributed by atoms with van der Waals surface area (Å²) >= 11 is 0. The van der Waals surface area contributed by atoms with Gasteiger partial charge in [-0.1, -0.05) is 29.8 Å². The van der Waals surface area contributed by atoms with Crippen LogP contribution in [-0.2, 0) is 11.3 Å². The molecule has 0 radical (unpaired) electrons. The minimum atomic E-state index is -0.981. The maximum Gasteiger partial charge on any atom is 0.238 e. The minimum Gasteiger partial charge on any atom is -0.325 e. The smallest absolute Gasteiger partial charge is 0.238 e. The summed E-state index contributed by atoms with van der Waals surface area (Å²) in [7, 11) is 1.82. The Morgan fingerprint density at radius 3 is 2.41 bits per heavy atom. The number of hydrogen-bond acceptors (Lipinski definition) is 2. The number of nitrogens with zero attached hydrogens (tertiary/aromatic N) is 1. The van der Waals surface area contributed by atoms with Gasteiger partial charge in [-0.2, -0.15) is 0 Å². The molecule has 0 aliphatic carbocycles. The number of amides is 1. The van der Waals surface area contributed by atoms with Crippen LogP contribution in [0.4, 0.5) is 14.5 Å². The lowest BCUT2D eigenvalue weighted by Crippen LogP contribution is -2.29. The molecule has 0 aliphatic heterocycles. The number of carbonyl (C=O) groups excluding carboxylic acids is 1. The van der Waals surface area contributed by atoms with Crippen LogP contribution in [-0.4, -0.2) is 24.4 Å². The highest BCUT2D eigenvalue weighted by atomic mass is 19.2. The predicted octanol–water partition coefficient (Wildman–Crippen LogP) is 3.34. The fourth-order valence-electron chi connectivity index (χ4n) is 2.08. The van der Waals surface area contributed by atoms with Crippen LogP contribution in [0.1, 0.15) is 11.1 Å². The second kappa shape index (κ2) is 7.13. The van der Waals surface area contributed by atoms with Gasteiger partial charge in [0.15, 0.2) is 11.6 Å². The number of rotatable bonds is 5. The van der Waals surface area contributed by atoms with Crippen molar-refractivity contribution in [3.63, 3.8) is 0 Å². The van der Waals surface area contributed by atoms with Gasteiger partial charge in [0.05, 0.1) is 6.54 Å². The largest absolute Gasteiger partial charge is 0.325 e. The summed E-state index contributed by atoms with van der Waals surface area (Å²) < 4.78 is 25.9. The molecule has 2 rings (SSSR count). The highest BCUT2D eigenvalue weighted by Gasteiger charge is 2.09. The van der Waals surface area contributed by atoms with Gasteiger partial charge in [-0.15, -0.1) is 0 Å². The van der Waals surface area contributed by atoms with E-state index in [1.54, 1.807) is 0 Å². The van der Waals surface area contributed by atoms with Crippen molar-refractivity contribution in [3.05, 3.63) is 65.2 Å². The molecule has 1 N–H and O–H groups in total. The first-order valence-corrected chi connectivity index (χ1v) is 6.93. The third-order valence-corrected chi connectivity index (χ3v) is 3.19. The van der Waals surface area contributed by atoms with Crippen LogP contribution in [0, 0.1) is 18.6 Å². The zero-order valence-electron chi connectivity index (χ0n) is 12.6. The lowest BCUT2D eigenvalue weighted by atomic mass is 10.1. The van der Waals surface area contributed by atoms with Crippen molar-refractivity contribution in [2.75, 3.05) is 18.9 Å². The number of carbonyl (C=O) groups is 1. The second-order valence-electron chi connectivity index (χ2n) is 5.33. The molecule has 0 aromatic heterocycles. The van der Waals surface area contributed by atoms with Gasteiger partial charge in [0.2, 0.25) is 5.91 Å². The van der Waals surface area contributed by atoms with E-state index in [1.165, 1.54) is 11.6 Å². The molecule has 0 atom stereocenters. The van der Waals surface area contributed by atoms with Gasteiger partial charge in [-0.25, -0.2) is 8.78 Å². The van der Waals surface area contributed by atoms with Crippen molar-refractivity contribution in [3.8, 4) is 0 Å². The molecule has 0 bridgehead atoms. The highest BCUT2D eigenvalue weighted by Crippen LogP contribution is 2.13. The predicted molar refractivity (Wildman–Crippen MR) is 82.5 cm³/mol. The fraction of sp³-hybridized carbons (Fsp3) is 0.235. The van der Waals surface area contributed by atoms with Gasteiger partial charge >= 0.3 is 0 Å². The van der Waals surface area contributed by atoms with Gasteiger partial charge in [0.1, 0.15) is 0 Å². The monoisotopic (exact) mass is 304 g/mol. The van der Waals surface area contributed by atoms with E-state index in [0.717, 1.165) is 17.7 Å². The summed E-state index contributed by atoms with van der Waals surface area (Å²) in [5, 5.41) is 2.55. The van der Waals surface area contributed by atoms with Gasteiger partial charge in [0, 0.05) is 18.3 Å². The van der Waals surface area contributed by atoms with Crippen LogP contribution in [0.3, 0.4) is 0 Å². The molecule has 2 aromatic carbocycles. The third-order valence-electron chi connectivity index (χ3n) is 3.19. The molecule has 22 heavy (non-hydrogen) atoms. The van der Waals surface area contributed by atoms with Crippen LogP contribution >= 0.6 is 0 Å². The van der Waals surface area contributed by atoms with Gasteiger partial charge in [-0.3, -0.25) is 9.69 Å². The summed E-state index contributed by atoms with van der Waals surface area (Å²) in [6.07, 6.45) is 0. The van der Waals surface area contributed by atoms with Crippen LogP contribution in [0.2, 0.25) is 0 Å². The van der Waals surface area contributed by atoms with Crippen LogP contribution < -0.4 is 5.32 Å². The van der Waals surface area contributed by atoms with E-state index < -0.39 is 11.6 Å². The van der Waals surface area contributed by atoms with Crippen LogP contribution in [0.15, 0.2) is 42.5 Å². The Hall–Kier alpha value is -2.27. The van der Waals surface area contributed by atoms with E-state index in [2.05, 4.69) is 5.32 Å². The summed E-state index contributed by atoms with van der Waals surface area (Å²) in [5.41, 5.74) is 2.53. The summed E-state index contributed by atoms with van der Waals surface area (Å²) in [6.45, 7) is 2.81. The molecule has 0 fully saturated rings. The maximum absolute atomic E-state index is 13.1. The number of anilines is 1. The van der Waals surface area contributed by atoms with Gasteiger partial charge in [-0.05, 0) is 31.7 Å². The van der Waals surface area contributed by atoms with Gasteiger partial charge in [0.25, 0.3) is 0 Å². The first-order valence-electron chi connectivity index (χ1n) is 6.93. The van der Waals surface area contributed by atoms with Crippen molar-refractivity contribution in [2.24, 2.45) is 0 Å². The van der Waals surface area contributed by atoms with Crippen LogP contribution in [0.25, 0.3) is 0 Å². The number of hydrogen-bond donors (Lipinski definition) is 1. The molecule has 0 aliphatic rings. The Balaban J connectivity index is 1.88. The standard InChI is InChI=1S/C17H18F2N2O/c1-12-3-5-13(6-4-12)10-21(2)11-17(22)20-14-7-8-15(18)16(19)9-14/h3-9H,10-11H2,1-2H3,(H,20,22). The first kappa shape index (κ1) is 16.1. The zero-order valence-corrected chi connectivity index (χ0v) is 12.6. The molecular formula is C17H18F2N2O. The summed E-state index contributed by atoms with van der Waals surface area (Å²) in [6, 6.07) is 11.3. The molecule has 0 heterocycles. The lowest BCUT2D eigenvalue weighted by molar-refractivity contribution is -0.117. The number of likely N-dealkylation sites (N-methyl/N-ethyl adjacent to an activating group) is 1. The molecule has 0 saturated heterocycles. The molecule has 2 aromatic rings. The average Bonchev–Trinajstić information content (AvgIpc) is 2.45. The van der Waals surface area contributed by atoms with E-state index in [-0.39, 0.29) is 18.1 Å². The van der Waals surface area contributed by atoms with Crippen molar-refractivity contribution in [1.82, 2.24) is 4.90 Å². The maximum atomic E-state index is 13.1.